The molecule has 180 valence electrons. The molecule has 0 saturated carbocycles. The Labute approximate surface area is 220 Å². The van der Waals surface area contributed by atoms with Crippen LogP contribution in [0.5, 0.6) is 11.6 Å². The van der Waals surface area contributed by atoms with E-state index in [-0.39, 0.29) is 0 Å². The van der Waals surface area contributed by atoms with Crippen LogP contribution in [0.15, 0.2) is 140 Å². The summed E-state index contributed by atoms with van der Waals surface area (Å²) in [7, 11) is 0. The normalized spacial score (nSPS) is 11.2. The number of hydrogen-bond donors (Lipinski definition) is 0. The fraction of sp³-hybridized carbons (Fsp3) is 0. The number of para-hydroxylation sites is 1. The Hall–Kier alpha value is -5.22. The lowest BCUT2D eigenvalue weighted by Crippen LogP contribution is -1.97. The molecule has 0 unspecified atom stereocenters. The maximum atomic E-state index is 5.99. The lowest BCUT2D eigenvalue weighted by Gasteiger charge is -2.10. The van der Waals surface area contributed by atoms with Gasteiger partial charge >= 0.3 is 0 Å². The number of pyridine rings is 2. The summed E-state index contributed by atoms with van der Waals surface area (Å²) < 4.78 is 8.24. The summed E-state index contributed by atoms with van der Waals surface area (Å²) in [6.07, 6.45) is 3.68. The van der Waals surface area contributed by atoms with Gasteiger partial charge in [-0.2, -0.15) is 0 Å². The molecule has 0 spiro atoms. The van der Waals surface area contributed by atoms with Crippen molar-refractivity contribution >= 4 is 21.8 Å². The standard InChI is InChI=1S/C34H23N3O/c1-2-9-24(10-3-1)27-17-19-33(36-23-27)37-31-14-5-4-13-29(31)30-18-16-26(22-32(30)37)25-11-8-12-28(21-25)38-34-15-6-7-20-35-34/h1-23H. The Morgan fingerprint density at radius 3 is 2.11 bits per heavy atom. The minimum absolute atomic E-state index is 0.574. The van der Waals surface area contributed by atoms with Gasteiger partial charge in [-0.25, -0.2) is 9.97 Å². The molecule has 0 atom stereocenters. The van der Waals surface area contributed by atoms with Crippen LogP contribution in [0.1, 0.15) is 0 Å². The zero-order valence-electron chi connectivity index (χ0n) is 20.5. The molecule has 7 aromatic rings. The molecule has 0 radical (unpaired) electrons. The predicted molar refractivity (Wildman–Crippen MR) is 154 cm³/mol. The van der Waals surface area contributed by atoms with E-state index in [9.17, 15) is 0 Å². The van der Waals surface area contributed by atoms with E-state index in [1.54, 1.807) is 6.20 Å². The fourth-order valence-electron chi connectivity index (χ4n) is 4.98. The van der Waals surface area contributed by atoms with Gasteiger partial charge in [0, 0.05) is 34.8 Å². The number of fused-ring (bicyclic) bond motifs is 3. The molecule has 4 heteroatoms. The molecule has 0 aliphatic carbocycles. The lowest BCUT2D eigenvalue weighted by molar-refractivity contribution is 0.463. The van der Waals surface area contributed by atoms with Gasteiger partial charge in [0.2, 0.25) is 5.88 Å². The van der Waals surface area contributed by atoms with E-state index in [4.69, 9.17) is 9.72 Å². The average molecular weight is 490 g/mol. The molecular formula is C34H23N3O. The quantitative estimate of drug-likeness (QED) is 0.243. The summed E-state index contributed by atoms with van der Waals surface area (Å²) in [5, 5.41) is 2.40. The summed E-state index contributed by atoms with van der Waals surface area (Å²) in [6.45, 7) is 0. The van der Waals surface area contributed by atoms with Crippen LogP contribution in [-0.2, 0) is 0 Å². The Morgan fingerprint density at radius 1 is 0.500 bits per heavy atom. The van der Waals surface area contributed by atoms with Gasteiger partial charge < -0.3 is 4.74 Å². The van der Waals surface area contributed by atoms with Gasteiger partial charge in [0.05, 0.1) is 11.0 Å². The summed E-state index contributed by atoms with van der Waals surface area (Å²) in [5.41, 5.74) is 6.68. The topological polar surface area (TPSA) is 39.9 Å². The Kier molecular flexibility index (Phi) is 5.41. The van der Waals surface area contributed by atoms with Crippen molar-refractivity contribution in [2.75, 3.05) is 0 Å². The molecule has 38 heavy (non-hydrogen) atoms. The van der Waals surface area contributed by atoms with E-state index in [2.05, 4.69) is 88.4 Å². The highest BCUT2D eigenvalue weighted by molar-refractivity contribution is 6.10. The van der Waals surface area contributed by atoms with Crippen LogP contribution in [0, 0.1) is 0 Å². The smallest absolute Gasteiger partial charge is 0.219 e. The highest BCUT2D eigenvalue weighted by Gasteiger charge is 2.14. The van der Waals surface area contributed by atoms with Crippen LogP contribution in [0.25, 0.3) is 49.9 Å². The summed E-state index contributed by atoms with van der Waals surface area (Å²) in [4.78, 5) is 9.18. The van der Waals surface area contributed by atoms with Crippen molar-refractivity contribution in [3.8, 4) is 39.7 Å². The first kappa shape index (κ1) is 22.0. The predicted octanol–water partition coefficient (Wildman–Crippen LogP) is 8.70. The van der Waals surface area contributed by atoms with E-state index in [0.29, 0.717) is 5.88 Å². The van der Waals surface area contributed by atoms with Crippen molar-refractivity contribution in [2.45, 2.75) is 0 Å². The molecule has 4 aromatic carbocycles. The van der Waals surface area contributed by atoms with Crippen LogP contribution in [0.4, 0.5) is 0 Å². The fourth-order valence-corrected chi connectivity index (χ4v) is 4.98. The first-order valence-electron chi connectivity index (χ1n) is 12.6. The van der Waals surface area contributed by atoms with Gasteiger partial charge in [0.25, 0.3) is 0 Å². The van der Waals surface area contributed by atoms with Crippen molar-refractivity contribution in [2.24, 2.45) is 0 Å². The zero-order chi connectivity index (χ0) is 25.3. The monoisotopic (exact) mass is 489 g/mol. The van der Waals surface area contributed by atoms with Crippen molar-refractivity contribution in [3.05, 3.63) is 140 Å². The molecule has 3 heterocycles. The highest BCUT2D eigenvalue weighted by Crippen LogP contribution is 2.35. The summed E-state index contributed by atoms with van der Waals surface area (Å²) in [6, 6.07) is 43.5. The highest BCUT2D eigenvalue weighted by atomic mass is 16.5. The molecule has 0 bridgehead atoms. The maximum Gasteiger partial charge on any atom is 0.219 e. The van der Waals surface area contributed by atoms with Crippen LogP contribution in [0.3, 0.4) is 0 Å². The number of aromatic nitrogens is 3. The molecule has 0 N–H and O–H groups in total. The van der Waals surface area contributed by atoms with E-state index in [1.165, 1.54) is 10.8 Å². The van der Waals surface area contributed by atoms with Crippen molar-refractivity contribution in [1.29, 1.82) is 0 Å². The largest absolute Gasteiger partial charge is 0.439 e. The van der Waals surface area contributed by atoms with E-state index >= 15 is 0 Å². The summed E-state index contributed by atoms with van der Waals surface area (Å²) in [5.74, 6) is 2.21. The third kappa shape index (κ3) is 3.98. The van der Waals surface area contributed by atoms with E-state index < -0.39 is 0 Å². The van der Waals surface area contributed by atoms with Gasteiger partial charge in [-0.3, -0.25) is 4.57 Å². The van der Waals surface area contributed by atoms with E-state index in [0.717, 1.165) is 44.9 Å². The number of hydrogen-bond acceptors (Lipinski definition) is 3. The van der Waals surface area contributed by atoms with Crippen LogP contribution < -0.4 is 4.74 Å². The number of nitrogens with zero attached hydrogens (tertiary/aromatic N) is 3. The van der Waals surface area contributed by atoms with Crippen molar-refractivity contribution in [1.82, 2.24) is 14.5 Å². The number of rotatable bonds is 5. The lowest BCUT2D eigenvalue weighted by atomic mass is 10.0. The molecular weight excluding hydrogens is 466 g/mol. The van der Waals surface area contributed by atoms with Crippen LogP contribution >= 0.6 is 0 Å². The number of ether oxygens (including phenoxy) is 1. The Morgan fingerprint density at radius 2 is 1.26 bits per heavy atom. The molecule has 0 aliphatic rings. The molecule has 0 amide bonds. The Bertz CT molecular complexity index is 1880. The molecule has 7 rings (SSSR count). The third-order valence-corrected chi connectivity index (χ3v) is 6.79. The van der Waals surface area contributed by atoms with Crippen LogP contribution in [-0.4, -0.2) is 14.5 Å². The average Bonchev–Trinajstić information content (AvgIpc) is 3.32. The second-order valence-electron chi connectivity index (χ2n) is 9.15. The third-order valence-electron chi connectivity index (χ3n) is 6.79. The second-order valence-corrected chi connectivity index (χ2v) is 9.15. The van der Waals surface area contributed by atoms with Gasteiger partial charge in [-0.1, -0.05) is 78.9 Å². The van der Waals surface area contributed by atoms with Gasteiger partial charge in [0.1, 0.15) is 11.6 Å². The SMILES string of the molecule is c1ccc(-c2ccc(-n3c4ccccc4c4ccc(-c5cccc(Oc6ccccn6)c5)cc43)nc2)cc1. The second kappa shape index (κ2) is 9.34. The Balaban J connectivity index is 1.34. The molecule has 3 aromatic heterocycles. The molecule has 0 fully saturated rings. The summed E-state index contributed by atoms with van der Waals surface area (Å²) >= 11 is 0. The molecule has 0 saturated heterocycles. The van der Waals surface area contributed by atoms with Gasteiger partial charge in [-0.05, 0) is 59.2 Å². The van der Waals surface area contributed by atoms with Crippen molar-refractivity contribution in [3.63, 3.8) is 0 Å². The van der Waals surface area contributed by atoms with E-state index in [1.807, 2.05) is 54.7 Å². The first-order chi connectivity index (χ1) is 18.8. The number of benzene rings is 4. The van der Waals surface area contributed by atoms with Crippen molar-refractivity contribution < 1.29 is 4.74 Å². The minimum Gasteiger partial charge on any atom is -0.439 e. The maximum absolute atomic E-state index is 5.99. The first-order valence-corrected chi connectivity index (χ1v) is 12.6. The minimum atomic E-state index is 0.574. The molecule has 4 nitrogen and oxygen atoms in total. The zero-order valence-corrected chi connectivity index (χ0v) is 20.5. The molecule has 0 aliphatic heterocycles. The van der Waals surface area contributed by atoms with Crippen LogP contribution in [0.2, 0.25) is 0 Å². The van der Waals surface area contributed by atoms with Gasteiger partial charge in [-0.15, -0.1) is 0 Å². The van der Waals surface area contributed by atoms with Gasteiger partial charge in [0.15, 0.2) is 0 Å².